The van der Waals surface area contributed by atoms with Gasteiger partial charge in [0.25, 0.3) is 0 Å². The van der Waals surface area contributed by atoms with Crippen LogP contribution in [0.25, 0.3) is 10.9 Å². The predicted octanol–water partition coefficient (Wildman–Crippen LogP) is 2.78. The van der Waals surface area contributed by atoms with Crippen LogP contribution in [0, 0.1) is 0 Å². The minimum absolute atomic E-state index is 0.0603. The fraction of sp³-hybridized carbons (Fsp3) is 0.400. The second-order valence-electron chi connectivity index (χ2n) is 4.78. The van der Waals surface area contributed by atoms with Gasteiger partial charge < -0.3 is 16.2 Å². The lowest BCUT2D eigenvalue weighted by Crippen LogP contribution is -2.23. The van der Waals surface area contributed by atoms with Crippen LogP contribution in [0.3, 0.4) is 0 Å². The molecule has 0 bridgehead atoms. The van der Waals surface area contributed by atoms with Gasteiger partial charge in [-0.1, -0.05) is 38.0 Å². The zero-order valence-corrected chi connectivity index (χ0v) is 11.3. The fourth-order valence-corrected chi connectivity index (χ4v) is 2.19. The van der Waals surface area contributed by atoms with E-state index in [9.17, 15) is 5.11 Å². The van der Waals surface area contributed by atoms with Crippen LogP contribution in [0.5, 0.6) is 0 Å². The molecule has 0 radical (unpaired) electrons. The van der Waals surface area contributed by atoms with Crippen molar-refractivity contribution in [1.82, 2.24) is 4.98 Å². The number of pyridine rings is 1. The normalized spacial score (nSPS) is 12.5. The molecule has 102 valence electrons. The fourth-order valence-electron chi connectivity index (χ4n) is 2.19. The van der Waals surface area contributed by atoms with Crippen molar-refractivity contribution in [2.24, 2.45) is 0 Å². The van der Waals surface area contributed by atoms with Gasteiger partial charge in [-0.05, 0) is 12.5 Å². The van der Waals surface area contributed by atoms with E-state index in [1.54, 1.807) is 0 Å². The first kappa shape index (κ1) is 13.6. The third-order valence-electron chi connectivity index (χ3n) is 3.22. The average molecular weight is 259 g/mol. The Hall–Kier alpha value is -1.81. The lowest BCUT2D eigenvalue weighted by molar-refractivity contribution is 0.267. The molecule has 0 aliphatic carbocycles. The molecular weight excluding hydrogens is 238 g/mol. The number of aliphatic hydroxyl groups excluding tert-OH is 1. The summed E-state index contributed by atoms with van der Waals surface area (Å²) in [5.74, 6) is 0.494. The van der Waals surface area contributed by atoms with Crippen molar-refractivity contribution in [3.05, 3.63) is 30.3 Å². The third kappa shape index (κ3) is 3.35. The van der Waals surface area contributed by atoms with Crippen LogP contribution in [0.4, 0.5) is 11.5 Å². The molecule has 0 fully saturated rings. The first-order valence-electron chi connectivity index (χ1n) is 6.77. The van der Waals surface area contributed by atoms with Crippen LogP contribution in [0.15, 0.2) is 30.3 Å². The maximum atomic E-state index is 9.45. The molecule has 0 spiro atoms. The Morgan fingerprint density at radius 1 is 1.37 bits per heavy atom. The Balaban J connectivity index is 2.28. The van der Waals surface area contributed by atoms with E-state index in [0.29, 0.717) is 5.82 Å². The van der Waals surface area contributed by atoms with Gasteiger partial charge in [0.15, 0.2) is 0 Å². The molecule has 0 saturated carbocycles. The molecule has 2 aromatic rings. The molecular formula is C15H21N3O. The van der Waals surface area contributed by atoms with E-state index in [2.05, 4.69) is 17.2 Å². The number of unbranched alkanes of at least 4 members (excludes halogenated alkanes) is 1. The second kappa shape index (κ2) is 6.38. The molecule has 0 saturated heterocycles. The summed E-state index contributed by atoms with van der Waals surface area (Å²) in [5.41, 5.74) is 7.64. The summed E-state index contributed by atoms with van der Waals surface area (Å²) in [5, 5.41) is 13.9. The highest BCUT2D eigenvalue weighted by molar-refractivity contribution is 5.92. The van der Waals surface area contributed by atoms with Crippen LogP contribution in [-0.4, -0.2) is 22.7 Å². The molecule has 0 amide bonds. The summed E-state index contributed by atoms with van der Waals surface area (Å²) in [6.07, 6.45) is 3.16. The Morgan fingerprint density at radius 3 is 2.89 bits per heavy atom. The molecule has 1 aromatic carbocycles. The molecule has 1 heterocycles. The maximum Gasteiger partial charge on any atom is 0.126 e. The van der Waals surface area contributed by atoms with Gasteiger partial charge in [0.1, 0.15) is 5.82 Å². The van der Waals surface area contributed by atoms with E-state index in [1.807, 2.05) is 30.3 Å². The molecule has 4 N–H and O–H groups in total. The first-order chi connectivity index (χ1) is 9.24. The van der Waals surface area contributed by atoms with Crippen molar-refractivity contribution in [2.45, 2.75) is 32.2 Å². The number of aromatic nitrogens is 1. The molecule has 1 atom stereocenters. The van der Waals surface area contributed by atoms with Crippen molar-refractivity contribution in [3.8, 4) is 0 Å². The van der Waals surface area contributed by atoms with Gasteiger partial charge in [-0.3, -0.25) is 0 Å². The SMILES string of the molecule is CCCC[C@H](CO)Nc1cc(N)nc2ccccc12. The Labute approximate surface area is 113 Å². The minimum atomic E-state index is 0.0603. The van der Waals surface area contributed by atoms with E-state index in [0.717, 1.165) is 35.9 Å². The molecule has 2 rings (SSSR count). The number of hydrogen-bond acceptors (Lipinski definition) is 4. The maximum absolute atomic E-state index is 9.45. The summed E-state index contributed by atoms with van der Waals surface area (Å²) >= 11 is 0. The monoisotopic (exact) mass is 259 g/mol. The number of nitrogens with zero attached hydrogens (tertiary/aromatic N) is 1. The van der Waals surface area contributed by atoms with E-state index >= 15 is 0 Å². The van der Waals surface area contributed by atoms with Gasteiger partial charge in [-0.15, -0.1) is 0 Å². The number of para-hydroxylation sites is 1. The van der Waals surface area contributed by atoms with Gasteiger partial charge in [-0.2, -0.15) is 0 Å². The molecule has 19 heavy (non-hydrogen) atoms. The topological polar surface area (TPSA) is 71.2 Å². The number of rotatable bonds is 6. The molecule has 1 aromatic heterocycles. The predicted molar refractivity (Wildman–Crippen MR) is 80.2 cm³/mol. The van der Waals surface area contributed by atoms with Gasteiger partial charge in [0.05, 0.1) is 12.1 Å². The Kier molecular flexibility index (Phi) is 4.58. The number of fused-ring (bicyclic) bond motifs is 1. The summed E-state index contributed by atoms with van der Waals surface area (Å²) in [7, 11) is 0. The standard InChI is InChI=1S/C15H21N3O/c1-2-3-6-11(10-19)17-14-9-15(16)18-13-8-5-4-7-12(13)14/h4-5,7-9,11,19H,2-3,6,10H2,1H3,(H3,16,17,18)/t11-/m1/s1. The number of aliphatic hydroxyl groups is 1. The number of nitrogens with two attached hydrogens (primary N) is 1. The van der Waals surface area contributed by atoms with E-state index in [1.165, 1.54) is 0 Å². The lowest BCUT2D eigenvalue weighted by atomic mass is 10.1. The van der Waals surface area contributed by atoms with Crippen molar-refractivity contribution in [1.29, 1.82) is 0 Å². The Bertz CT molecular complexity index is 542. The Morgan fingerprint density at radius 2 is 2.16 bits per heavy atom. The zero-order valence-electron chi connectivity index (χ0n) is 11.3. The molecule has 4 heteroatoms. The summed E-state index contributed by atoms with van der Waals surface area (Å²) in [6, 6.07) is 9.77. The van der Waals surface area contributed by atoms with Crippen molar-refractivity contribution >= 4 is 22.4 Å². The van der Waals surface area contributed by atoms with Crippen molar-refractivity contribution < 1.29 is 5.11 Å². The quantitative estimate of drug-likeness (QED) is 0.746. The second-order valence-corrected chi connectivity index (χ2v) is 4.78. The number of hydrogen-bond donors (Lipinski definition) is 3. The third-order valence-corrected chi connectivity index (χ3v) is 3.22. The lowest BCUT2D eigenvalue weighted by Gasteiger charge is -2.19. The molecule has 0 aliphatic rings. The molecule has 0 unspecified atom stereocenters. The van der Waals surface area contributed by atoms with Crippen LogP contribution in [0.2, 0.25) is 0 Å². The number of nitrogen functional groups attached to an aromatic ring is 1. The van der Waals surface area contributed by atoms with E-state index in [4.69, 9.17) is 5.73 Å². The number of nitrogens with one attached hydrogen (secondary N) is 1. The highest BCUT2D eigenvalue weighted by Gasteiger charge is 2.10. The van der Waals surface area contributed by atoms with E-state index < -0.39 is 0 Å². The number of anilines is 2. The van der Waals surface area contributed by atoms with Gasteiger partial charge in [-0.25, -0.2) is 4.98 Å². The average Bonchev–Trinajstić information content (AvgIpc) is 2.43. The van der Waals surface area contributed by atoms with E-state index in [-0.39, 0.29) is 12.6 Å². The van der Waals surface area contributed by atoms with Gasteiger partial charge in [0, 0.05) is 23.2 Å². The molecule has 0 aliphatic heterocycles. The van der Waals surface area contributed by atoms with Crippen LogP contribution in [-0.2, 0) is 0 Å². The summed E-state index contributed by atoms with van der Waals surface area (Å²) in [4.78, 5) is 4.31. The van der Waals surface area contributed by atoms with Gasteiger partial charge >= 0.3 is 0 Å². The molecule has 4 nitrogen and oxygen atoms in total. The van der Waals surface area contributed by atoms with Crippen molar-refractivity contribution in [3.63, 3.8) is 0 Å². The smallest absolute Gasteiger partial charge is 0.126 e. The minimum Gasteiger partial charge on any atom is -0.394 e. The zero-order chi connectivity index (χ0) is 13.7. The summed E-state index contributed by atoms with van der Waals surface area (Å²) < 4.78 is 0. The highest BCUT2D eigenvalue weighted by atomic mass is 16.3. The highest BCUT2D eigenvalue weighted by Crippen LogP contribution is 2.25. The number of benzene rings is 1. The van der Waals surface area contributed by atoms with Crippen LogP contribution in [0.1, 0.15) is 26.2 Å². The summed E-state index contributed by atoms with van der Waals surface area (Å²) in [6.45, 7) is 2.27. The van der Waals surface area contributed by atoms with Crippen LogP contribution < -0.4 is 11.1 Å². The van der Waals surface area contributed by atoms with Crippen LogP contribution >= 0.6 is 0 Å². The van der Waals surface area contributed by atoms with Gasteiger partial charge in [0.2, 0.25) is 0 Å². The largest absolute Gasteiger partial charge is 0.394 e. The first-order valence-corrected chi connectivity index (χ1v) is 6.77. The van der Waals surface area contributed by atoms with Crippen molar-refractivity contribution in [2.75, 3.05) is 17.7 Å².